The van der Waals surface area contributed by atoms with Gasteiger partial charge in [0.15, 0.2) is 0 Å². The van der Waals surface area contributed by atoms with E-state index in [9.17, 15) is 4.39 Å². The van der Waals surface area contributed by atoms with E-state index in [1.54, 1.807) is 12.1 Å². The second-order valence-corrected chi connectivity index (χ2v) is 6.17. The molecule has 0 aliphatic carbocycles. The van der Waals surface area contributed by atoms with Gasteiger partial charge >= 0.3 is 0 Å². The molecule has 4 heteroatoms. The first-order valence-corrected chi connectivity index (χ1v) is 7.78. The summed E-state index contributed by atoms with van der Waals surface area (Å²) >= 11 is 0. The van der Waals surface area contributed by atoms with Crippen molar-refractivity contribution in [2.45, 2.75) is 46.3 Å². The van der Waals surface area contributed by atoms with Gasteiger partial charge in [-0.25, -0.2) is 4.39 Å². The second kappa shape index (κ2) is 8.35. The maximum Gasteiger partial charge on any atom is 0.129 e. The Morgan fingerprint density at radius 1 is 1.19 bits per heavy atom. The third-order valence-corrected chi connectivity index (χ3v) is 3.59. The van der Waals surface area contributed by atoms with Crippen molar-refractivity contribution in [2.75, 3.05) is 32.1 Å². The van der Waals surface area contributed by atoms with Crippen molar-refractivity contribution in [1.29, 1.82) is 0 Å². The van der Waals surface area contributed by atoms with Gasteiger partial charge in [-0.15, -0.1) is 0 Å². The molecular formula is C17H30FN3. The minimum absolute atomic E-state index is 0.129. The lowest BCUT2D eigenvalue weighted by Crippen LogP contribution is -2.41. The Morgan fingerprint density at radius 3 is 2.38 bits per heavy atom. The van der Waals surface area contributed by atoms with E-state index in [1.165, 1.54) is 0 Å². The monoisotopic (exact) mass is 295 g/mol. The number of hydrogen-bond acceptors (Lipinski definition) is 3. The predicted molar refractivity (Wildman–Crippen MR) is 89.4 cm³/mol. The second-order valence-electron chi connectivity index (χ2n) is 6.17. The van der Waals surface area contributed by atoms with Gasteiger partial charge in [0, 0.05) is 43.0 Å². The molecule has 0 heterocycles. The number of anilines is 1. The molecule has 1 N–H and O–H groups in total. The van der Waals surface area contributed by atoms with Crippen LogP contribution in [0, 0.1) is 5.82 Å². The van der Waals surface area contributed by atoms with E-state index in [-0.39, 0.29) is 5.82 Å². The van der Waals surface area contributed by atoms with Crippen LogP contribution in [0.15, 0.2) is 18.2 Å². The van der Waals surface area contributed by atoms with Crippen LogP contribution in [0.3, 0.4) is 0 Å². The third kappa shape index (κ3) is 5.29. The summed E-state index contributed by atoms with van der Waals surface area (Å²) in [6.07, 6.45) is 0. The number of likely N-dealkylation sites (N-methyl/N-ethyl adjacent to an activating group) is 2. The Morgan fingerprint density at radius 2 is 1.86 bits per heavy atom. The fourth-order valence-corrected chi connectivity index (χ4v) is 2.64. The van der Waals surface area contributed by atoms with Gasteiger partial charge in [-0.1, -0.05) is 19.9 Å². The molecule has 120 valence electrons. The Hall–Kier alpha value is -1.13. The van der Waals surface area contributed by atoms with Gasteiger partial charge < -0.3 is 15.1 Å². The summed E-state index contributed by atoms with van der Waals surface area (Å²) in [5, 5.41) is 3.32. The van der Waals surface area contributed by atoms with Crippen molar-refractivity contribution in [3.8, 4) is 0 Å². The summed E-state index contributed by atoms with van der Waals surface area (Å²) in [7, 11) is 4.13. The molecule has 1 aromatic rings. The fourth-order valence-electron chi connectivity index (χ4n) is 2.64. The van der Waals surface area contributed by atoms with Gasteiger partial charge in [-0.3, -0.25) is 0 Å². The fraction of sp³-hybridized carbons (Fsp3) is 0.647. The number of nitrogens with one attached hydrogen (secondary N) is 1. The zero-order valence-corrected chi connectivity index (χ0v) is 14.3. The molecule has 0 radical (unpaired) electrons. The number of rotatable bonds is 8. The lowest BCUT2D eigenvalue weighted by Gasteiger charge is -2.34. The SMILES string of the molecule is CCN(c1cccc(F)c1CNC(C)C)C(C)CN(C)C. The maximum absolute atomic E-state index is 14.2. The molecular weight excluding hydrogens is 265 g/mol. The zero-order valence-electron chi connectivity index (χ0n) is 14.3. The van der Waals surface area contributed by atoms with Crippen LogP contribution in [-0.2, 0) is 6.54 Å². The molecule has 0 saturated carbocycles. The van der Waals surface area contributed by atoms with Gasteiger partial charge in [0.05, 0.1) is 0 Å². The lowest BCUT2D eigenvalue weighted by molar-refractivity contribution is 0.372. The normalized spacial score (nSPS) is 13.0. The molecule has 0 aliphatic heterocycles. The Kier molecular flexibility index (Phi) is 7.12. The summed E-state index contributed by atoms with van der Waals surface area (Å²) < 4.78 is 14.2. The Labute approximate surface area is 129 Å². The van der Waals surface area contributed by atoms with Crippen LogP contribution in [-0.4, -0.2) is 44.2 Å². The molecule has 0 amide bonds. The van der Waals surface area contributed by atoms with Crippen LogP contribution in [0.25, 0.3) is 0 Å². The predicted octanol–water partition coefficient (Wildman–Crippen LogP) is 3.10. The highest BCUT2D eigenvalue weighted by Gasteiger charge is 2.18. The van der Waals surface area contributed by atoms with Gasteiger partial charge in [-0.05, 0) is 40.1 Å². The largest absolute Gasteiger partial charge is 0.367 e. The highest BCUT2D eigenvalue weighted by molar-refractivity contribution is 5.55. The van der Waals surface area contributed by atoms with Gasteiger partial charge in [0.2, 0.25) is 0 Å². The van der Waals surface area contributed by atoms with Crippen molar-refractivity contribution in [3.05, 3.63) is 29.6 Å². The first kappa shape index (κ1) is 17.9. The van der Waals surface area contributed by atoms with E-state index in [4.69, 9.17) is 0 Å². The summed E-state index contributed by atoms with van der Waals surface area (Å²) in [5.74, 6) is -0.129. The van der Waals surface area contributed by atoms with Crippen molar-refractivity contribution < 1.29 is 4.39 Å². The number of nitrogens with zero attached hydrogens (tertiary/aromatic N) is 2. The van der Waals surface area contributed by atoms with Crippen LogP contribution in [0.4, 0.5) is 10.1 Å². The topological polar surface area (TPSA) is 18.5 Å². The number of halogens is 1. The number of benzene rings is 1. The Bertz CT molecular complexity index is 432. The summed E-state index contributed by atoms with van der Waals surface area (Å²) in [5.41, 5.74) is 1.76. The molecule has 1 unspecified atom stereocenters. The van der Waals surface area contributed by atoms with E-state index in [2.05, 4.69) is 56.9 Å². The van der Waals surface area contributed by atoms with Gasteiger partial charge in [0.1, 0.15) is 5.82 Å². The first-order valence-electron chi connectivity index (χ1n) is 7.78. The van der Waals surface area contributed by atoms with E-state index in [0.29, 0.717) is 18.6 Å². The van der Waals surface area contributed by atoms with Crippen LogP contribution < -0.4 is 10.2 Å². The van der Waals surface area contributed by atoms with Crippen LogP contribution in [0.1, 0.15) is 33.3 Å². The maximum atomic E-state index is 14.2. The molecule has 0 bridgehead atoms. The summed E-state index contributed by atoms with van der Waals surface area (Å²) in [6.45, 7) is 10.8. The smallest absolute Gasteiger partial charge is 0.129 e. The highest BCUT2D eigenvalue weighted by Crippen LogP contribution is 2.25. The van der Waals surface area contributed by atoms with Crippen LogP contribution in [0.5, 0.6) is 0 Å². The average Bonchev–Trinajstić information content (AvgIpc) is 2.37. The molecule has 0 aliphatic rings. The standard InChI is InChI=1S/C17H30FN3/c1-7-21(14(4)12-20(5)6)17-10-8-9-16(18)15(17)11-19-13(2)3/h8-10,13-14,19H,7,11-12H2,1-6H3. The van der Waals surface area contributed by atoms with E-state index < -0.39 is 0 Å². The zero-order chi connectivity index (χ0) is 16.0. The van der Waals surface area contributed by atoms with Crippen molar-refractivity contribution in [3.63, 3.8) is 0 Å². The van der Waals surface area contributed by atoms with E-state index in [0.717, 1.165) is 24.3 Å². The van der Waals surface area contributed by atoms with Crippen LogP contribution >= 0.6 is 0 Å². The van der Waals surface area contributed by atoms with E-state index >= 15 is 0 Å². The molecule has 0 aromatic heterocycles. The highest BCUT2D eigenvalue weighted by atomic mass is 19.1. The minimum atomic E-state index is -0.129. The van der Waals surface area contributed by atoms with Crippen molar-refractivity contribution in [1.82, 2.24) is 10.2 Å². The quantitative estimate of drug-likeness (QED) is 0.795. The van der Waals surface area contributed by atoms with Gasteiger partial charge in [-0.2, -0.15) is 0 Å². The van der Waals surface area contributed by atoms with Crippen molar-refractivity contribution >= 4 is 5.69 Å². The summed E-state index contributed by atoms with van der Waals surface area (Å²) in [6, 6.07) is 6.05. The molecule has 1 atom stereocenters. The van der Waals surface area contributed by atoms with Crippen molar-refractivity contribution in [2.24, 2.45) is 0 Å². The third-order valence-electron chi connectivity index (χ3n) is 3.59. The van der Waals surface area contributed by atoms with Crippen LogP contribution in [0.2, 0.25) is 0 Å². The Balaban J connectivity index is 3.05. The first-order chi connectivity index (χ1) is 9.86. The average molecular weight is 295 g/mol. The molecule has 21 heavy (non-hydrogen) atoms. The summed E-state index contributed by atoms with van der Waals surface area (Å²) in [4.78, 5) is 4.44. The molecule has 0 fully saturated rings. The van der Waals surface area contributed by atoms with Gasteiger partial charge in [0.25, 0.3) is 0 Å². The molecule has 0 saturated heterocycles. The minimum Gasteiger partial charge on any atom is -0.367 e. The molecule has 3 nitrogen and oxygen atoms in total. The molecule has 1 aromatic carbocycles. The molecule has 0 spiro atoms. The van der Waals surface area contributed by atoms with E-state index in [1.807, 2.05) is 6.07 Å². The number of hydrogen-bond donors (Lipinski definition) is 1. The lowest BCUT2D eigenvalue weighted by atomic mass is 10.1. The molecule has 1 rings (SSSR count).